The second-order valence-electron chi connectivity index (χ2n) is 8.65. The van der Waals surface area contributed by atoms with Crippen molar-refractivity contribution in [1.82, 2.24) is 14.7 Å². The molecule has 0 radical (unpaired) electrons. The Kier molecular flexibility index (Phi) is 6.70. The SMILES string of the molecule is COc1ccccc1C1=C(N2CCN(C)CC2)C(=O)N(CCOc2cc(C)cc(C)c2)C1=O. The summed E-state index contributed by atoms with van der Waals surface area (Å²) in [6.07, 6.45) is 0. The van der Waals surface area contributed by atoms with Gasteiger partial charge in [-0.15, -0.1) is 0 Å². The van der Waals surface area contributed by atoms with Gasteiger partial charge in [0.05, 0.1) is 19.2 Å². The molecule has 7 nitrogen and oxygen atoms in total. The molecule has 0 bridgehead atoms. The van der Waals surface area contributed by atoms with E-state index in [0.29, 0.717) is 35.7 Å². The van der Waals surface area contributed by atoms with E-state index in [4.69, 9.17) is 9.47 Å². The van der Waals surface area contributed by atoms with E-state index in [9.17, 15) is 9.59 Å². The Bertz CT molecular complexity index is 1070. The van der Waals surface area contributed by atoms with Crippen LogP contribution >= 0.6 is 0 Å². The smallest absolute Gasteiger partial charge is 0.277 e. The highest BCUT2D eigenvalue weighted by molar-refractivity contribution is 6.36. The van der Waals surface area contributed by atoms with E-state index < -0.39 is 0 Å². The number of nitrogens with zero attached hydrogens (tertiary/aromatic N) is 3. The molecular weight excluding hydrogens is 418 g/mol. The standard InChI is InChI=1S/C26H31N3O4/c1-18-15-19(2)17-20(16-18)33-14-13-29-25(30)23(21-7-5-6-8-22(21)32-4)24(26(29)31)28-11-9-27(3)10-12-28/h5-8,15-17H,9-14H2,1-4H3. The average Bonchev–Trinajstić information content (AvgIpc) is 3.03. The number of methoxy groups -OCH3 is 1. The predicted molar refractivity (Wildman–Crippen MR) is 127 cm³/mol. The number of ether oxygens (including phenoxy) is 2. The summed E-state index contributed by atoms with van der Waals surface area (Å²) in [6, 6.07) is 13.3. The van der Waals surface area contributed by atoms with Crippen molar-refractivity contribution in [3.63, 3.8) is 0 Å². The largest absolute Gasteiger partial charge is 0.496 e. The third-order valence-electron chi connectivity index (χ3n) is 6.12. The Morgan fingerprint density at radius 3 is 2.24 bits per heavy atom. The van der Waals surface area contributed by atoms with Crippen molar-refractivity contribution in [3.05, 3.63) is 64.9 Å². The monoisotopic (exact) mass is 449 g/mol. The van der Waals surface area contributed by atoms with Crippen LogP contribution < -0.4 is 9.47 Å². The zero-order chi connectivity index (χ0) is 23.5. The van der Waals surface area contributed by atoms with Crippen LogP contribution in [0.15, 0.2) is 48.2 Å². The molecule has 0 N–H and O–H groups in total. The van der Waals surface area contributed by atoms with Crippen molar-refractivity contribution < 1.29 is 19.1 Å². The van der Waals surface area contributed by atoms with E-state index >= 15 is 0 Å². The Morgan fingerprint density at radius 2 is 1.58 bits per heavy atom. The minimum Gasteiger partial charge on any atom is -0.496 e. The number of benzene rings is 2. The lowest BCUT2D eigenvalue weighted by molar-refractivity contribution is -0.138. The number of hydrogen-bond donors (Lipinski definition) is 0. The molecule has 0 atom stereocenters. The van der Waals surface area contributed by atoms with Crippen LogP contribution in [-0.2, 0) is 9.59 Å². The number of para-hydroxylation sites is 1. The summed E-state index contributed by atoms with van der Waals surface area (Å²) < 4.78 is 11.4. The molecule has 2 aliphatic heterocycles. The summed E-state index contributed by atoms with van der Waals surface area (Å²) in [5.74, 6) is 0.745. The predicted octanol–water partition coefficient (Wildman–Crippen LogP) is 2.72. The lowest BCUT2D eigenvalue weighted by Gasteiger charge is -2.34. The first-order valence-corrected chi connectivity index (χ1v) is 11.3. The molecule has 174 valence electrons. The maximum Gasteiger partial charge on any atom is 0.277 e. The van der Waals surface area contributed by atoms with Crippen molar-refractivity contribution in [1.29, 1.82) is 0 Å². The van der Waals surface area contributed by atoms with Gasteiger partial charge in [0.2, 0.25) is 0 Å². The molecule has 0 aliphatic carbocycles. The number of rotatable bonds is 7. The fourth-order valence-electron chi connectivity index (χ4n) is 4.45. The van der Waals surface area contributed by atoms with Crippen molar-refractivity contribution in [3.8, 4) is 11.5 Å². The van der Waals surface area contributed by atoms with Gasteiger partial charge in [-0.05, 0) is 50.2 Å². The van der Waals surface area contributed by atoms with Crippen LogP contribution in [0.4, 0.5) is 0 Å². The highest BCUT2D eigenvalue weighted by Crippen LogP contribution is 2.36. The van der Waals surface area contributed by atoms with Gasteiger partial charge in [-0.2, -0.15) is 0 Å². The van der Waals surface area contributed by atoms with Crippen molar-refractivity contribution >= 4 is 17.4 Å². The molecule has 0 aromatic heterocycles. The first kappa shape index (κ1) is 22.9. The number of hydrogen-bond acceptors (Lipinski definition) is 6. The number of aryl methyl sites for hydroxylation is 2. The summed E-state index contributed by atoms with van der Waals surface area (Å²) in [7, 11) is 3.64. The number of carbonyl (C=O) groups is 2. The van der Waals surface area contributed by atoms with E-state index in [1.54, 1.807) is 7.11 Å². The molecule has 2 aromatic carbocycles. The average molecular weight is 450 g/mol. The molecule has 2 aliphatic rings. The third kappa shape index (κ3) is 4.73. The lowest BCUT2D eigenvalue weighted by atomic mass is 10.0. The van der Waals surface area contributed by atoms with E-state index in [2.05, 4.69) is 18.0 Å². The Labute approximate surface area is 195 Å². The fourth-order valence-corrected chi connectivity index (χ4v) is 4.45. The molecule has 7 heteroatoms. The first-order valence-electron chi connectivity index (χ1n) is 11.3. The van der Waals surface area contributed by atoms with Crippen LogP contribution in [0.5, 0.6) is 11.5 Å². The maximum absolute atomic E-state index is 13.6. The molecule has 2 heterocycles. The summed E-state index contributed by atoms with van der Waals surface area (Å²) in [5.41, 5.74) is 3.73. The van der Waals surface area contributed by atoms with Gasteiger partial charge in [-0.3, -0.25) is 14.5 Å². The summed E-state index contributed by atoms with van der Waals surface area (Å²) in [6.45, 7) is 7.49. The number of carbonyl (C=O) groups excluding carboxylic acids is 2. The van der Waals surface area contributed by atoms with Gasteiger partial charge in [0.15, 0.2) is 0 Å². The van der Waals surface area contributed by atoms with Crippen molar-refractivity contribution in [2.75, 3.05) is 53.5 Å². The van der Waals surface area contributed by atoms with Gasteiger partial charge in [-0.1, -0.05) is 24.3 Å². The van der Waals surface area contributed by atoms with Crippen molar-refractivity contribution in [2.24, 2.45) is 0 Å². The topological polar surface area (TPSA) is 62.3 Å². The van der Waals surface area contributed by atoms with Gasteiger partial charge in [0.25, 0.3) is 11.8 Å². The van der Waals surface area contributed by atoms with Crippen LogP contribution in [0.3, 0.4) is 0 Å². The van der Waals surface area contributed by atoms with Crippen LogP contribution in [-0.4, -0.2) is 80.0 Å². The van der Waals surface area contributed by atoms with Crippen LogP contribution in [0.2, 0.25) is 0 Å². The second-order valence-corrected chi connectivity index (χ2v) is 8.65. The van der Waals surface area contributed by atoms with E-state index in [1.165, 1.54) is 4.90 Å². The molecule has 2 aromatic rings. The summed E-state index contributed by atoms with van der Waals surface area (Å²) in [4.78, 5) is 32.6. The summed E-state index contributed by atoms with van der Waals surface area (Å²) >= 11 is 0. The molecule has 0 spiro atoms. The fraction of sp³-hybridized carbons (Fsp3) is 0.385. The Morgan fingerprint density at radius 1 is 0.909 bits per heavy atom. The first-order chi connectivity index (χ1) is 15.9. The maximum atomic E-state index is 13.6. The van der Waals surface area contributed by atoms with E-state index in [0.717, 1.165) is 30.0 Å². The van der Waals surface area contributed by atoms with Crippen molar-refractivity contribution in [2.45, 2.75) is 13.8 Å². The zero-order valence-corrected chi connectivity index (χ0v) is 19.8. The minimum atomic E-state index is -0.303. The van der Waals surface area contributed by atoms with Gasteiger partial charge in [-0.25, -0.2) is 0 Å². The lowest BCUT2D eigenvalue weighted by Crippen LogP contribution is -2.46. The van der Waals surface area contributed by atoms with E-state index in [-0.39, 0.29) is 25.0 Å². The molecular formula is C26H31N3O4. The van der Waals surface area contributed by atoms with Gasteiger partial charge in [0.1, 0.15) is 23.8 Å². The number of imide groups is 1. The number of piperazine rings is 1. The number of likely N-dealkylation sites (N-methyl/N-ethyl adjacent to an activating group) is 1. The highest BCUT2D eigenvalue weighted by atomic mass is 16.5. The van der Waals surface area contributed by atoms with Crippen LogP contribution in [0, 0.1) is 13.8 Å². The second kappa shape index (κ2) is 9.67. The molecule has 1 fully saturated rings. The van der Waals surface area contributed by atoms with Crippen LogP contribution in [0.1, 0.15) is 16.7 Å². The number of amides is 2. The molecule has 0 unspecified atom stereocenters. The Hall–Kier alpha value is -3.32. The molecule has 4 rings (SSSR count). The normalized spacial score (nSPS) is 17.2. The zero-order valence-electron chi connectivity index (χ0n) is 19.8. The molecule has 0 saturated carbocycles. The van der Waals surface area contributed by atoms with Crippen LogP contribution in [0.25, 0.3) is 5.57 Å². The van der Waals surface area contributed by atoms with E-state index in [1.807, 2.05) is 55.1 Å². The van der Waals surface area contributed by atoms with Gasteiger partial charge < -0.3 is 19.3 Å². The Balaban J connectivity index is 1.60. The molecule has 1 saturated heterocycles. The molecule has 33 heavy (non-hydrogen) atoms. The van der Waals surface area contributed by atoms with Gasteiger partial charge in [0, 0.05) is 31.7 Å². The minimum absolute atomic E-state index is 0.181. The third-order valence-corrected chi connectivity index (χ3v) is 6.12. The highest BCUT2D eigenvalue weighted by Gasteiger charge is 2.42. The van der Waals surface area contributed by atoms with Gasteiger partial charge >= 0.3 is 0 Å². The summed E-state index contributed by atoms with van der Waals surface area (Å²) in [5, 5.41) is 0. The quantitative estimate of drug-likeness (QED) is 0.606. The molecule has 2 amide bonds.